The lowest BCUT2D eigenvalue weighted by molar-refractivity contribution is -0.116. The van der Waals surface area contributed by atoms with Crippen molar-refractivity contribution in [1.29, 1.82) is 0 Å². The van der Waals surface area contributed by atoms with Crippen LogP contribution in [-0.4, -0.2) is 62.3 Å². The Morgan fingerprint density at radius 3 is 2.60 bits per heavy atom. The molecular weight excluding hydrogens is 452 g/mol. The molecule has 0 aliphatic heterocycles. The second-order valence-electron chi connectivity index (χ2n) is 6.87. The van der Waals surface area contributed by atoms with Crippen LogP contribution in [0.4, 0.5) is 5.69 Å². The Balaban J connectivity index is 1.74. The molecule has 0 atom stereocenters. The van der Waals surface area contributed by atoms with E-state index in [2.05, 4.69) is 5.32 Å². The summed E-state index contributed by atoms with van der Waals surface area (Å²) in [7, 11) is 1.30. The highest BCUT2D eigenvalue weighted by atomic mass is 35.5. The summed E-state index contributed by atoms with van der Waals surface area (Å²) in [5.41, 5.74) is 1.39. The number of benzene rings is 1. The van der Waals surface area contributed by atoms with E-state index >= 15 is 0 Å². The van der Waals surface area contributed by atoms with Gasteiger partial charge in [-0.3, -0.25) is 9.36 Å². The summed E-state index contributed by atoms with van der Waals surface area (Å²) in [6, 6.07) is 7.69. The van der Waals surface area contributed by atoms with Crippen LogP contribution in [0.15, 0.2) is 43.8 Å². The van der Waals surface area contributed by atoms with Crippen LogP contribution in [0, 0.1) is 0 Å². The number of amides is 1. The minimum atomic E-state index is -3.82. The molecule has 0 saturated heterocycles. The van der Waals surface area contributed by atoms with Crippen LogP contribution in [0.25, 0.3) is 11.1 Å². The molecule has 1 N–H and O–H groups in total. The summed E-state index contributed by atoms with van der Waals surface area (Å²) < 4.78 is 33.1. The molecule has 12 heteroatoms. The van der Waals surface area contributed by atoms with E-state index in [1.165, 1.54) is 23.7 Å². The molecule has 2 heterocycles. The Bertz CT molecular complexity index is 1230. The fourth-order valence-electron chi connectivity index (χ4n) is 2.73. The van der Waals surface area contributed by atoms with Gasteiger partial charge in [-0.25, -0.2) is 13.2 Å². The molecule has 0 saturated carbocycles. The van der Waals surface area contributed by atoms with E-state index in [0.717, 1.165) is 15.6 Å². The molecule has 0 aliphatic rings. The van der Waals surface area contributed by atoms with Crippen molar-refractivity contribution in [2.45, 2.75) is 10.8 Å². The predicted molar refractivity (Wildman–Crippen MR) is 117 cm³/mol. The topological polar surface area (TPSA) is 105 Å². The van der Waals surface area contributed by atoms with Crippen molar-refractivity contribution >= 4 is 55.7 Å². The Morgan fingerprint density at radius 2 is 1.97 bits per heavy atom. The van der Waals surface area contributed by atoms with Crippen molar-refractivity contribution in [2.75, 3.05) is 39.5 Å². The molecule has 1 amide bonds. The lowest BCUT2D eigenvalue weighted by atomic mass is 10.2. The summed E-state index contributed by atoms with van der Waals surface area (Å²) in [6.45, 7) is 0.690. The van der Waals surface area contributed by atoms with E-state index < -0.39 is 21.7 Å². The summed E-state index contributed by atoms with van der Waals surface area (Å²) in [4.78, 5) is 26.4. The van der Waals surface area contributed by atoms with Gasteiger partial charge in [0.05, 0.1) is 16.4 Å². The summed E-state index contributed by atoms with van der Waals surface area (Å²) in [5, 5.41) is 2.66. The lowest BCUT2D eigenvalue weighted by Crippen LogP contribution is -2.34. The number of nitrogens with one attached hydrogen (secondary N) is 1. The van der Waals surface area contributed by atoms with Crippen molar-refractivity contribution in [1.82, 2.24) is 13.8 Å². The zero-order valence-corrected chi connectivity index (χ0v) is 19.0. The summed E-state index contributed by atoms with van der Waals surface area (Å²) in [5.74, 6) is -0.996. The number of halogens is 1. The highest BCUT2D eigenvalue weighted by Gasteiger charge is 2.25. The third-order valence-electron chi connectivity index (χ3n) is 4.30. The van der Waals surface area contributed by atoms with Gasteiger partial charge < -0.3 is 14.6 Å². The highest BCUT2D eigenvalue weighted by molar-refractivity contribution is 7.91. The van der Waals surface area contributed by atoms with Gasteiger partial charge in [0.2, 0.25) is 5.91 Å². The van der Waals surface area contributed by atoms with E-state index in [4.69, 9.17) is 16.0 Å². The number of fused-ring (bicyclic) bond motifs is 1. The predicted octanol–water partition coefficient (Wildman–Crippen LogP) is 2.13. The number of hydrogen-bond acceptors (Lipinski definition) is 7. The monoisotopic (exact) mass is 472 g/mol. The maximum absolute atomic E-state index is 12.5. The molecular formula is C18H21ClN4O5S2. The van der Waals surface area contributed by atoms with Crippen molar-refractivity contribution in [3.05, 3.63) is 45.2 Å². The number of carbonyl (C=O) groups is 1. The zero-order valence-electron chi connectivity index (χ0n) is 16.6. The molecule has 3 rings (SSSR count). The summed E-state index contributed by atoms with van der Waals surface area (Å²) >= 11 is 6.73. The quantitative estimate of drug-likeness (QED) is 0.538. The average Bonchev–Trinajstić information content (AvgIpc) is 3.22. The van der Waals surface area contributed by atoms with Gasteiger partial charge in [-0.2, -0.15) is 4.31 Å². The smallest absolute Gasteiger partial charge is 0.408 e. The van der Waals surface area contributed by atoms with E-state index in [0.29, 0.717) is 34.2 Å². The van der Waals surface area contributed by atoms with E-state index in [9.17, 15) is 18.0 Å². The highest BCUT2D eigenvalue weighted by Crippen LogP contribution is 2.27. The maximum Gasteiger partial charge on any atom is 0.419 e. The first kappa shape index (κ1) is 22.5. The maximum atomic E-state index is 12.5. The Labute approximate surface area is 182 Å². The Morgan fingerprint density at radius 1 is 1.23 bits per heavy atom. The standard InChI is InChI=1S/C18H21ClN4O5S2/c1-21(2)8-9-23-13-10-12(4-5-14(13)28-18(23)25)20-16(24)11-22(3)30(26,27)17-7-6-15(19)29-17/h4-7,10H,8-9,11H2,1-3H3,(H,20,24). The molecule has 0 aliphatic carbocycles. The van der Waals surface area contributed by atoms with Crippen molar-refractivity contribution in [3.63, 3.8) is 0 Å². The molecule has 9 nitrogen and oxygen atoms in total. The van der Waals surface area contributed by atoms with Crippen molar-refractivity contribution < 1.29 is 17.6 Å². The van der Waals surface area contributed by atoms with Crippen LogP contribution in [0.3, 0.4) is 0 Å². The second kappa shape index (κ2) is 8.90. The van der Waals surface area contributed by atoms with Gasteiger partial charge in [0.15, 0.2) is 5.58 Å². The minimum Gasteiger partial charge on any atom is -0.408 e. The minimum absolute atomic E-state index is 0.0625. The average molecular weight is 473 g/mol. The van der Waals surface area contributed by atoms with Gasteiger partial charge in [-0.15, -0.1) is 11.3 Å². The number of nitrogens with zero attached hydrogens (tertiary/aromatic N) is 3. The number of sulfonamides is 1. The fourth-order valence-corrected chi connectivity index (χ4v) is 5.55. The Kier molecular flexibility index (Phi) is 6.68. The molecule has 1 aromatic carbocycles. The van der Waals surface area contributed by atoms with Gasteiger partial charge in [-0.1, -0.05) is 11.6 Å². The number of hydrogen-bond donors (Lipinski definition) is 1. The van der Waals surface area contributed by atoms with Gasteiger partial charge in [0.1, 0.15) is 4.21 Å². The molecule has 0 spiro atoms. The number of rotatable bonds is 8. The van der Waals surface area contributed by atoms with Crippen LogP contribution >= 0.6 is 22.9 Å². The lowest BCUT2D eigenvalue weighted by Gasteiger charge is -2.15. The van der Waals surface area contributed by atoms with E-state index in [1.807, 2.05) is 19.0 Å². The fraction of sp³-hybridized carbons (Fsp3) is 0.333. The molecule has 0 fully saturated rings. The number of carbonyl (C=O) groups excluding carboxylic acids is 1. The molecule has 162 valence electrons. The SMILES string of the molecule is CN(C)CCn1c(=O)oc2ccc(NC(=O)CN(C)S(=O)(=O)c3ccc(Cl)s3)cc21. The van der Waals surface area contributed by atoms with Crippen LogP contribution in [0.1, 0.15) is 0 Å². The van der Waals surface area contributed by atoms with Crippen LogP contribution in [0.5, 0.6) is 0 Å². The van der Waals surface area contributed by atoms with Gasteiger partial charge >= 0.3 is 5.76 Å². The van der Waals surface area contributed by atoms with Gasteiger partial charge in [0, 0.05) is 25.8 Å². The van der Waals surface area contributed by atoms with Crippen molar-refractivity contribution in [2.24, 2.45) is 0 Å². The third-order valence-corrected chi connectivity index (χ3v) is 7.80. The zero-order chi connectivity index (χ0) is 22.1. The number of aromatic nitrogens is 1. The first-order valence-electron chi connectivity index (χ1n) is 8.87. The number of oxazole rings is 1. The van der Waals surface area contributed by atoms with Crippen molar-refractivity contribution in [3.8, 4) is 0 Å². The van der Waals surface area contributed by atoms with Crippen LogP contribution in [-0.2, 0) is 21.4 Å². The normalized spacial score (nSPS) is 12.2. The van der Waals surface area contributed by atoms with Gasteiger partial charge in [0.25, 0.3) is 10.0 Å². The molecule has 3 aromatic rings. The second-order valence-corrected chi connectivity index (χ2v) is 10.9. The van der Waals surface area contributed by atoms with E-state index in [1.54, 1.807) is 18.2 Å². The first-order chi connectivity index (χ1) is 14.1. The number of anilines is 1. The Hall–Kier alpha value is -2.18. The first-order valence-corrected chi connectivity index (χ1v) is 11.5. The van der Waals surface area contributed by atoms with E-state index in [-0.39, 0.29) is 10.8 Å². The van der Waals surface area contributed by atoms with Crippen LogP contribution < -0.4 is 11.1 Å². The van der Waals surface area contributed by atoms with Crippen LogP contribution in [0.2, 0.25) is 4.34 Å². The van der Waals surface area contributed by atoms with Gasteiger partial charge in [-0.05, 0) is 44.4 Å². The summed E-state index contributed by atoms with van der Waals surface area (Å²) in [6.07, 6.45) is 0. The number of thiophene rings is 1. The largest absolute Gasteiger partial charge is 0.419 e. The molecule has 0 bridgehead atoms. The third kappa shape index (κ3) is 4.93. The molecule has 0 radical (unpaired) electrons. The molecule has 2 aromatic heterocycles. The molecule has 30 heavy (non-hydrogen) atoms. The molecule has 0 unspecified atom stereocenters. The number of likely N-dealkylation sites (N-methyl/N-ethyl adjacent to an activating group) is 2.